The van der Waals surface area contributed by atoms with E-state index < -0.39 is 0 Å². The van der Waals surface area contributed by atoms with E-state index in [1.165, 1.54) is 48.8 Å². The second-order valence-electron chi connectivity index (χ2n) is 6.93. The van der Waals surface area contributed by atoms with Crippen LogP contribution in [0.25, 0.3) is 0 Å². The Labute approximate surface area is 130 Å². The molecule has 1 aromatic carbocycles. The Morgan fingerprint density at radius 2 is 1.71 bits per heavy atom. The molecule has 0 amide bonds. The minimum Gasteiger partial charge on any atom is -0.383 e. The molecule has 1 aliphatic rings. The highest BCUT2D eigenvalue weighted by atomic mass is 16.5. The zero-order valence-corrected chi connectivity index (χ0v) is 14.2. The first-order valence-corrected chi connectivity index (χ1v) is 8.33. The first kappa shape index (κ1) is 16.5. The van der Waals surface area contributed by atoms with E-state index in [-0.39, 0.29) is 0 Å². The summed E-state index contributed by atoms with van der Waals surface area (Å²) in [7, 11) is 1.77. The number of aryl methyl sites for hydroxylation is 3. The summed E-state index contributed by atoms with van der Waals surface area (Å²) >= 11 is 0. The van der Waals surface area contributed by atoms with Crippen molar-refractivity contribution in [3.05, 3.63) is 34.4 Å². The Morgan fingerprint density at radius 1 is 1.10 bits per heavy atom. The normalized spacial score (nSPS) is 17.3. The molecule has 2 nitrogen and oxygen atoms in total. The van der Waals surface area contributed by atoms with E-state index >= 15 is 0 Å². The highest BCUT2D eigenvalue weighted by Gasteiger charge is 2.34. The van der Waals surface area contributed by atoms with Gasteiger partial charge in [0, 0.05) is 20.2 Å². The average Bonchev–Trinajstić information content (AvgIpc) is 2.88. The predicted molar refractivity (Wildman–Crippen MR) is 90.0 cm³/mol. The van der Waals surface area contributed by atoms with Crippen LogP contribution in [0.5, 0.6) is 0 Å². The molecule has 1 aliphatic carbocycles. The third-order valence-corrected chi connectivity index (χ3v) is 5.04. The van der Waals surface area contributed by atoms with Crippen LogP contribution < -0.4 is 5.32 Å². The van der Waals surface area contributed by atoms with Gasteiger partial charge in [-0.1, -0.05) is 30.5 Å². The molecule has 0 radical (unpaired) electrons. The van der Waals surface area contributed by atoms with Crippen LogP contribution in [0.15, 0.2) is 12.1 Å². The van der Waals surface area contributed by atoms with E-state index in [1.807, 2.05) is 0 Å². The predicted octanol–water partition coefficient (Wildman–Crippen LogP) is 3.95. The first-order chi connectivity index (χ1) is 10.1. The Morgan fingerprint density at radius 3 is 2.29 bits per heavy atom. The van der Waals surface area contributed by atoms with Gasteiger partial charge in [0.05, 0.1) is 6.61 Å². The van der Waals surface area contributed by atoms with Gasteiger partial charge in [0.2, 0.25) is 0 Å². The lowest BCUT2D eigenvalue weighted by molar-refractivity contribution is 0.189. The molecule has 118 valence electrons. The molecule has 0 aromatic heterocycles. The molecule has 2 heteroatoms. The second kappa shape index (κ2) is 7.42. The van der Waals surface area contributed by atoms with Gasteiger partial charge in [-0.2, -0.15) is 0 Å². The molecule has 0 unspecified atom stereocenters. The topological polar surface area (TPSA) is 21.3 Å². The summed E-state index contributed by atoms with van der Waals surface area (Å²) in [5, 5.41) is 3.61. The van der Waals surface area contributed by atoms with Crippen molar-refractivity contribution in [2.45, 2.75) is 52.9 Å². The Hall–Kier alpha value is -0.860. The van der Waals surface area contributed by atoms with Crippen LogP contribution in [0.1, 0.15) is 47.9 Å². The van der Waals surface area contributed by atoms with E-state index in [0.29, 0.717) is 5.41 Å². The standard InChI is InChI=1S/C19H31NO/c1-15-11-16(2)18(17(3)12-15)13-19(7-5-6-8-19)14-20-9-10-21-4/h11-12,20H,5-10,13-14H2,1-4H3. The average molecular weight is 289 g/mol. The second-order valence-corrected chi connectivity index (χ2v) is 6.93. The molecular formula is C19H31NO. The number of hydrogen-bond acceptors (Lipinski definition) is 2. The largest absolute Gasteiger partial charge is 0.383 e. The zero-order chi connectivity index (χ0) is 15.3. The first-order valence-electron chi connectivity index (χ1n) is 8.33. The van der Waals surface area contributed by atoms with Crippen molar-refractivity contribution >= 4 is 0 Å². The van der Waals surface area contributed by atoms with Crippen molar-refractivity contribution in [1.82, 2.24) is 5.32 Å². The quantitative estimate of drug-likeness (QED) is 0.767. The number of benzene rings is 1. The van der Waals surface area contributed by atoms with Crippen molar-refractivity contribution < 1.29 is 4.74 Å². The van der Waals surface area contributed by atoms with Gasteiger partial charge in [0.25, 0.3) is 0 Å². The summed E-state index contributed by atoms with van der Waals surface area (Å²) in [5.74, 6) is 0. The van der Waals surface area contributed by atoms with Crippen molar-refractivity contribution in [2.24, 2.45) is 5.41 Å². The molecule has 1 aromatic rings. The van der Waals surface area contributed by atoms with Crippen LogP contribution in [-0.2, 0) is 11.2 Å². The molecule has 0 aliphatic heterocycles. The van der Waals surface area contributed by atoms with Gasteiger partial charge in [0.15, 0.2) is 0 Å². The minimum atomic E-state index is 0.457. The maximum absolute atomic E-state index is 5.15. The smallest absolute Gasteiger partial charge is 0.0587 e. The fourth-order valence-electron chi connectivity index (χ4n) is 3.93. The molecule has 2 rings (SSSR count). The SMILES string of the molecule is COCCNCC1(Cc2c(C)cc(C)cc2C)CCCC1. The van der Waals surface area contributed by atoms with E-state index in [0.717, 1.165) is 19.7 Å². The van der Waals surface area contributed by atoms with Gasteiger partial charge in [-0.15, -0.1) is 0 Å². The highest BCUT2D eigenvalue weighted by Crippen LogP contribution is 2.41. The van der Waals surface area contributed by atoms with Gasteiger partial charge < -0.3 is 10.1 Å². The monoisotopic (exact) mass is 289 g/mol. The molecule has 0 saturated heterocycles. The van der Waals surface area contributed by atoms with Crippen molar-refractivity contribution in [2.75, 3.05) is 26.8 Å². The van der Waals surface area contributed by atoms with Crippen molar-refractivity contribution in [1.29, 1.82) is 0 Å². The number of methoxy groups -OCH3 is 1. The summed E-state index contributed by atoms with van der Waals surface area (Å²) in [4.78, 5) is 0. The molecular weight excluding hydrogens is 258 g/mol. The lowest BCUT2D eigenvalue weighted by Gasteiger charge is -2.31. The molecule has 21 heavy (non-hydrogen) atoms. The number of nitrogens with one attached hydrogen (secondary N) is 1. The van der Waals surface area contributed by atoms with Gasteiger partial charge in [0.1, 0.15) is 0 Å². The van der Waals surface area contributed by atoms with Crippen LogP contribution in [0.2, 0.25) is 0 Å². The molecule has 0 bridgehead atoms. The Bertz CT molecular complexity index is 438. The number of hydrogen-bond donors (Lipinski definition) is 1. The molecule has 0 atom stereocenters. The number of rotatable bonds is 7. The van der Waals surface area contributed by atoms with E-state index in [1.54, 1.807) is 12.7 Å². The summed E-state index contributed by atoms with van der Waals surface area (Å²) in [5.41, 5.74) is 6.35. The van der Waals surface area contributed by atoms with E-state index in [2.05, 4.69) is 38.2 Å². The van der Waals surface area contributed by atoms with Gasteiger partial charge in [-0.3, -0.25) is 0 Å². The minimum absolute atomic E-state index is 0.457. The van der Waals surface area contributed by atoms with E-state index in [4.69, 9.17) is 4.74 Å². The van der Waals surface area contributed by atoms with Crippen molar-refractivity contribution in [3.8, 4) is 0 Å². The summed E-state index contributed by atoms with van der Waals surface area (Å²) in [6, 6.07) is 4.67. The Kier molecular flexibility index (Phi) is 5.83. The van der Waals surface area contributed by atoms with E-state index in [9.17, 15) is 0 Å². The molecule has 1 N–H and O–H groups in total. The van der Waals surface area contributed by atoms with Crippen molar-refractivity contribution in [3.63, 3.8) is 0 Å². The summed E-state index contributed by atoms with van der Waals surface area (Å²) in [6.07, 6.45) is 6.72. The van der Waals surface area contributed by atoms with Crippen LogP contribution in [0, 0.1) is 26.2 Å². The highest BCUT2D eigenvalue weighted by molar-refractivity contribution is 5.38. The summed E-state index contributed by atoms with van der Waals surface area (Å²) < 4.78 is 5.15. The lowest BCUT2D eigenvalue weighted by atomic mass is 9.77. The lowest BCUT2D eigenvalue weighted by Crippen LogP contribution is -2.36. The molecule has 0 spiro atoms. The van der Waals surface area contributed by atoms with Crippen LogP contribution in [-0.4, -0.2) is 26.8 Å². The maximum Gasteiger partial charge on any atom is 0.0587 e. The summed E-state index contributed by atoms with van der Waals surface area (Å²) in [6.45, 7) is 9.64. The third kappa shape index (κ3) is 4.31. The Balaban J connectivity index is 2.09. The number of ether oxygens (including phenoxy) is 1. The van der Waals surface area contributed by atoms with Crippen LogP contribution >= 0.6 is 0 Å². The zero-order valence-electron chi connectivity index (χ0n) is 14.2. The fourth-order valence-corrected chi connectivity index (χ4v) is 3.93. The fraction of sp³-hybridized carbons (Fsp3) is 0.684. The third-order valence-electron chi connectivity index (χ3n) is 5.04. The van der Waals surface area contributed by atoms with Crippen LogP contribution in [0.4, 0.5) is 0 Å². The van der Waals surface area contributed by atoms with Gasteiger partial charge >= 0.3 is 0 Å². The van der Waals surface area contributed by atoms with Gasteiger partial charge in [-0.25, -0.2) is 0 Å². The molecule has 1 saturated carbocycles. The maximum atomic E-state index is 5.15. The molecule has 1 fully saturated rings. The van der Waals surface area contributed by atoms with Crippen LogP contribution in [0.3, 0.4) is 0 Å². The molecule has 0 heterocycles. The van der Waals surface area contributed by atoms with Gasteiger partial charge in [-0.05, 0) is 62.1 Å².